The van der Waals surface area contributed by atoms with E-state index in [0.717, 1.165) is 0 Å². The van der Waals surface area contributed by atoms with Crippen LogP contribution in [0, 0.1) is 0 Å². The van der Waals surface area contributed by atoms with Crippen LogP contribution in [-0.2, 0) is 65.3 Å². The number of hydrogen-bond donors (Lipinski definition) is 6. The Kier molecular flexibility index (Phi) is 29.0. The molecule has 0 saturated heterocycles. The van der Waals surface area contributed by atoms with Crippen LogP contribution in [0.25, 0.3) is 0 Å². The van der Waals surface area contributed by atoms with Crippen molar-refractivity contribution in [1.29, 1.82) is 0 Å². The fraction of sp³-hybridized carbons (Fsp3) is 0. The van der Waals surface area contributed by atoms with Crippen molar-refractivity contribution in [3.63, 3.8) is 0 Å². The van der Waals surface area contributed by atoms with Crippen molar-refractivity contribution in [2.24, 2.45) is 0 Å². The maximum Gasteiger partial charge on any atom is 0.394 e. The van der Waals surface area contributed by atoms with Gasteiger partial charge < -0.3 is 0 Å². The predicted octanol–water partition coefficient (Wildman–Crippen LogP) is -1.54. The van der Waals surface area contributed by atoms with Crippen LogP contribution < -0.4 is 0 Å². The van der Waals surface area contributed by atoms with E-state index in [4.69, 9.17) is 52.6 Å². The van der Waals surface area contributed by atoms with Gasteiger partial charge in [0.05, 0.1) is 0 Å². The molecule has 0 fully saturated rings. The molecule has 0 aromatic carbocycles. The molecule has 0 atom stereocenters. The zero-order valence-corrected chi connectivity index (χ0v) is 12.9. The monoisotopic (exact) mass is 442 g/mol. The van der Waals surface area contributed by atoms with Gasteiger partial charge in [0.2, 0.25) is 0 Å². The molecule has 18 heavy (non-hydrogen) atoms. The molecular formula is H7ClFe2O12S3. The fourth-order valence-electron chi connectivity index (χ4n) is 0. The Morgan fingerprint density at radius 1 is 0.444 bits per heavy atom. The van der Waals surface area contributed by atoms with Crippen molar-refractivity contribution in [3.8, 4) is 0 Å². The number of halogens is 1. The van der Waals surface area contributed by atoms with Crippen molar-refractivity contribution in [2.45, 2.75) is 0 Å². The minimum atomic E-state index is -4.67. The largest absolute Gasteiger partial charge is 0.394 e. The summed E-state index contributed by atoms with van der Waals surface area (Å²) in [5.41, 5.74) is 0. The number of rotatable bonds is 0. The quantitative estimate of drug-likeness (QED) is 0.185. The van der Waals surface area contributed by atoms with Crippen LogP contribution in [0.3, 0.4) is 0 Å². The number of hydrogen-bond acceptors (Lipinski definition) is 6. The maximum atomic E-state index is 8.74. The van der Waals surface area contributed by atoms with E-state index >= 15 is 0 Å². The summed E-state index contributed by atoms with van der Waals surface area (Å²) >= 11 is 0. The second-order valence-electron chi connectivity index (χ2n) is 1.34. The zero-order valence-electron chi connectivity index (χ0n) is 7.47. The second-order valence-corrected chi connectivity index (χ2v) is 4.03. The van der Waals surface area contributed by atoms with Crippen molar-refractivity contribution >= 4 is 43.6 Å². The van der Waals surface area contributed by atoms with Gasteiger partial charge in [-0.1, -0.05) is 0 Å². The van der Waals surface area contributed by atoms with E-state index in [0.29, 0.717) is 0 Å². The van der Waals surface area contributed by atoms with E-state index in [1.54, 1.807) is 0 Å². The summed E-state index contributed by atoms with van der Waals surface area (Å²) in [5, 5.41) is 0. The van der Waals surface area contributed by atoms with Crippen LogP contribution in [-0.4, -0.2) is 52.6 Å². The Bertz CT molecular complexity index is 346. The molecule has 0 heterocycles. The summed E-state index contributed by atoms with van der Waals surface area (Å²) in [7, 11) is -14.0. The average molecular weight is 442 g/mol. The van der Waals surface area contributed by atoms with E-state index in [2.05, 4.69) is 0 Å². The minimum absolute atomic E-state index is 0. The van der Waals surface area contributed by atoms with Crippen molar-refractivity contribution < 1.29 is 86.7 Å². The molecule has 18 heteroatoms. The molecule has 0 aliphatic carbocycles. The van der Waals surface area contributed by atoms with E-state index < -0.39 is 31.2 Å². The summed E-state index contributed by atoms with van der Waals surface area (Å²) in [6, 6.07) is 0. The molecule has 0 aromatic rings. The van der Waals surface area contributed by atoms with Gasteiger partial charge in [0.15, 0.2) is 0 Å². The average Bonchev–Trinajstić information content (AvgIpc) is 1.41. The third-order valence-corrected chi connectivity index (χ3v) is 0. The van der Waals surface area contributed by atoms with Crippen molar-refractivity contribution in [3.05, 3.63) is 0 Å². The van der Waals surface area contributed by atoms with Crippen LogP contribution in [0.2, 0.25) is 0 Å². The third kappa shape index (κ3) is 4880. The molecule has 0 unspecified atom stereocenters. The molecule has 0 saturated carbocycles. The van der Waals surface area contributed by atoms with Crippen molar-refractivity contribution in [1.82, 2.24) is 0 Å². The minimum Gasteiger partial charge on any atom is -0.264 e. The van der Waals surface area contributed by atoms with Gasteiger partial charge in [0.25, 0.3) is 0 Å². The van der Waals surface area contributed by atoms with Gasteiger partial charge in [-0.15, -0.1) is 12.4 Å². The summed E-state index contributed by atoms with van der Waals surface area (Å²) in [6.45, 7) is 0. The first-order valence-corrected chi connectivity index (χ1v) is 6.29. The maximum absolute atomic E-state index is 8.74. The summed E-state index contributed by atoms with van der Waals surface area (Å²) in [5.74, 6) is 0. The van der Waals surface area contributed by atoms with Crippen LogP contribution >= 0.6 is 12.4 Å². The summed E-state index contributed by atoms with van der Waals surface area (Å²) < 4.78 is 94.8. The van der Waals surface area contributed by atoms with Crippen molar-refractivity contribution in [2.75, 3.05) is 0 Å². The predicted molar refractivity (Wildman–Crippen MR) is 49.8 cm³/mol. The Morgan fingerprint density at radius 3 is 0.444 bits per heavy atom. The molecular weight excluding hydrogens is 435 g/mol. The molecule has 12 nitrogen and oxygen atoms in total. The summed E-state index contributed by atoms with van der Waals surface area (Å²) in [4.78, 5) is 0. The Labute approximate surface area is 130 Å². The van der Waals surface area contributed by atoms with Crippen LogP contribution in [0.4, 0.5) is 0 Å². The van der Waals surface area contributed by atoms with E-state index in [1.165, 1.54) is 0 Å². The first-order valence-electron chi connectivity index (χ1n) is 2.10. The first kappa shape index (κ1) is 36.4. The van der Waals surface area contributed by atoms with E-state index in [-0.39, 0.29) is 46.5 Å². The van der Waals surface area contributed by atoms with Crippen LogP contribution in [0.5, 0.6) is 0 Å². The molecule has 0 amide bonds. The molecule has 0 bridgehead atoms. The van der Waals surface area contributed by atoms with E-state index in [1.807, 2.05) is 0 Å². The first-order chi connectivity index (χ1) is 6.00. The molecule has 120 valence electrons. The Balaban J connectivity index is -0.0000000277. The van der Waals surface area contributed by atoms with Crippen LogP contribution in [0.1, 0.15) is 0 Å². The van der Waals surface area contributed by atoms with Gasteiger partial charge in [-0.3, -0.25) is 27.3 Å². The molecule has 0 aromatic heterocycles. The molecule has 6 N–H and O–H groups in total. The second kappa shape index (κ2) is 14.4. The van der Waals surface area contributed by atoms with Gasteiger partial charge in [-0.2, -0.15) is 25.3 Å². The van der Waals surface area contributed by atoms with Crippen LogP contribution in [0.15, 0.2) is 0 Å². The molecule has 0 rings (SSSR count). The fourth-order valence-corrected chi connectivity index (χ4v) is 0. The molecule has 0 radical (unpaired) electrons. The molecule has 0 aliphatic rings. The smallest absolute Gasteiger partial charge is 0.264 e. The SMILES string of the molecule is Cl.O=S(=O)(O)O.O=S(=O)(O)O.O=S(=O)(O)O.[Fe].[Fe]. The standard InChI is InChI=1S/ClH.2Fe.3H2O4S/c;;;3*1-5(2,3)4/h1H;;;3*(H2,1,2,3,4). The summed E-state index contributed by atoms with van der Waals surface area (Å²) in [6.07, 6.45) is 0. The molecule has 0 spiro atoms. The normalized spacial score (nSPS) is 9.67. The molecule has 0 aliphatic heterocycles. The van der Waals surface area contributed by atoms with Gasteiger partial charge in [-0.25, -0.2) is 0 Å². The van der Waals surface area contributed by atoms with Gasteiger partial charge in [0.1, 0.15) is 0 Å². The third-order valence-electron chi connectivity index (χ3n) is 0. The Morgan fingerprint density at radius 2 is 0.444 bits per heavy atom. The van der Waals surface area contributed by atoms with Gasteiger partial charge in [0, 0.05) is 34.1 Å². The van der Waals surface area contributed by atoms with Gasteiger partial charge >= 0.3 is 31.2 Å². The Hall–Kier alpha value is 0.939. The topological polar surface area (TPSA) is 224 Å². The van der Waals surface area contributed by atoms with E-state index in [9.17, 15) is 0 Å². The van der Waals surface area contributed by atoms with Gasteiger partial charge in [-0.05, 0) is 0 Å². The zero-order chi connectivity index (χ0) is 13.5.